The third-order valence-electron chi connectivity index (χ3n) is 2.88. The Bertz CT molecular complexity index is 524. The van der Waals surface area contributed by atoms with Gasteiger partial charge < -0.3 is 4.74 Å². The zero-order valence-corrected chi connectivity index (χ0v) is 12.7. The zero-order valence-electron chi connectivity index (χ0n) is 10.3. The van der Waals surface area contributed by atoms with Crippen LogP contribution in [0.4, 0.5) is 0 Å². The zero-order chi connectivity index (χ0) is 13.4. The molecular weight excluding hydrogens is 294 g/mol. The van der Waals surface area contributed by atoms with E-state index in [1.165, 1.54) is 15.6 Å². The first-order chi connectivity index (χ1) is 8.38. The maximum Gasteiger partial charge on any atom is 0.253 e. The van der Waals surface area contributed by atoms with Crippen molar-refractivity contribution in [1.82, 2.24) is 4.31 Å². The van der Waals surface area contributed by atoms with E-state index in [1.54, 1.807) is 12.1 Å². The molecule has 1 aliphatic rings. The number of hydrogen-bond acceptors (Lipinski definition) is 4. The molecule has 7 heteroatoms. The summed E-state index contributed by atoms with van der Waals surface area (Å²) in [7, 11) is -3.45. The molecule has 1 fully saturated rings. The summed E-state index contributed by atoms with van der Waals surface area (Å²) in [6.45, 7) is 5.00. The molecule has 1 aromatic heterocycles. The van der Waals surface area contributed by atoms with Crippen molar-refractivity contribution in [3.8, 4) is 0 Å². The van der Waals surface area contributed by atoms with E-state index in [0.717, 1.165) is 4.88 Å². The molecule has 2 rings (SSSR count). The molecule has 18 heavy (non-hydrogen) atoms. The Hall–Kier alpha value is -0.140. The number of alkyl halides is 1. The normalized spacial score (nSPS) is 21.1. The van der Waals surface area contributed by atoms with Crippen LogP contribution in [0.2, 0.25) is 0 Å². The van der Waals surface area contributed by atoms with Crippen LogP contribution in [0.1, 0.15) is 18.7 Å². The third kappa shape index (κ3) is 2.58. The van der Waals surface area contributed by atoms with Gasteiger partial charge in [-0.3, -0.25) is 0 Å². The molecule has 0 atom stereocenters. The van der Waals surface area contributed by atoms with Gasteiger partial charge in [-0.1, -0.05) is 0 Å². The van der Waals surface area contributed by atoms with Crippen LogP contribution >= 0.6 is 22.9 Å². The minimum Gasteiger partial charge on any atom is -0.378 e. The second-order valence-corrected chi connectivity index (χ2v) is 8.32. The number of nitrogens with zero attached hydrogens (tertiary/aromatic N) is 1. The van der Waals surface area contributed by atoms with Crippen molar-refractivity contribution >= 4 is 33.0 Å². The highest BCUT2D eigenvalue weighted by Gasteiger charge is 2.40. The fourth-order valence-electron chi connectivity index (χ4n) is 1.97. The van der Waals surface area contributed by atoms with Crippen LogP contribution in [0.3, 0.4) is 0 Å². The minimum atomic E-state index is -3.45. The van der Waals surface area contributed by atoms with Crippen LogP contribution in [0.25, 0.3) is 0 Å². The Morgan fingerprint density at radius 1 is 1.50 bits per heavy atom. The highest BCUT2D eigenvalue weighted by atomic mass is 35.5. The number of halogens is 1. The summed E-state index contributed by atoms with van der Waals surface area (Å²) >= 11 is 6.95. The molecule has 2 heterocycles. The van der Waals surface area contributed by atoms with E-state index in [2.05, 4.69) is 0 Å². The second kappa shape index (κ2) is 5.09. The quantitative estimate of drug-likeness (QED) is 0.805. The van der Waals surface area contributed by atoms with Crippen LogP contribution in [-0.2, 0) is 20.6 Å². The van der Waals surface area contributed by atoms with Crippen LogP contribution in [0.15, 0.2) is 16.3 Å². The lowest BCUT2D eigenvalue weighted by molar-refractivity contribution is -0.00761. The number of hydrogen-bond donors (Lipinski definition) is 0. The predicted octanol–water partition coefficient (Wildman–Crippen LogP) is 2.29. The van der Waals surface area contributed by atoms with E-state index >= 15 is 0 Å². The van der Waals surface area contributed by atoms with E-state index in [1.807, 2.05) is 13.8 Å². The molecule has 1 aromatic rings. The van der Waals surface area contributed by atoms with E-state index in [-0.39, 0.29) is 0 Å². The minimum absolute atomic E-state index is 0.340. The second-order valence-electron chi connectivity index (χ2n) is 4.80. The molecule has 0 radical (unpaired) electrons. The third-order valence-corrected chi connectivity index (χ3v) is 6.99. The van der Waals surface area contributed by atoms with E-state index in [9.17, 15) is 8.42 Å². The summed E-state index contributed by atoms with van der Waals surface area (Å²) in [5.74, 6) is 0.340. The highest BCUT2D eigenvalue weighted by Crippen LogP contribution is 2.31. The Balaban J connectivity index is 2.35. The van der Waals surface area contributed by atoms with Gasteiger partial charge in [0.2, 0.25) is 0 Å². The number of morpholine rings is 1. The molecule has 102 valence electrons. The molecule has 0 amide bonds. The molecule has 0 bridgehead atoms. The molecule has 0 unspecified atom stereocenters. The Morgan fingerprint density at radius 3 is 2.78 bits per heavy atom. The lowest BCUT2D eigenvalue weighted by atomic mass is 10.1. The summed E-state index contributed by atoms with van der Waals surface area (Å²) in [5, 5.41) is 0. The average Bonchev–Trinajstić information content (AvgIpc) is 2.77. The monoisotopic (exact) mass is 309 g/mol. The number of thiophene rings is 1. The number of rotatable bonds is 3. The molecule has 0 saturated carbocycles. The fourth-order valence-corrected chi connectivity index (χ4v) is 5.29. The van der Waals surface area contributed by atoms with Crippen molar-refractivity contribution in [2.24, 2.45) is 0 Å². The van der Waals surface area contributed by atoms with Gasteiger partial charge in [0.15, 0.2) is 0 Å². The van der Waals surface area contributed by atoms with Gasteiger partial charge in [0.05, 0.1) is 24.6 Å². The summed E-state index contributed by atoms with van der Waals surface area (Å²) in [5.41, 5.74) is -0.512. The smallest absolute Gasteiger partial charge is 0.253 e. The summed E-state index contributed by atoms with van der Waals surface area (Å²) in [4.78, 5) is 0.862. The maximum absolute atomic E-state index is 12.6. The van der Waals surface area contributed by atoms with Crippen molar-refractivity contribution in [1.29, 1.82) is 0 Å². The van der Waals surface area contributed by atoms with Gasteiger partial charge in [0, 0.05) is 11.4 Å². The summed E-state index contributed by atoms with van der Waals surface area (Å²) in [6, 6.07) is 3.39. The Morgan fingerprint density at radius 2 is 2.22 bits per heavy atom. The maximum atomic E-state index is 12.6. The van der Waals surface area contributed by atoms with Crippen molar-refractivity contribution in [2.45, 2.75) is 29.5 Å². The Kier molecular flexibility index (Phi) is 4.04. The first kappa shape index (κ1) is 14.3. The van der Waals surface area contributed by atoms with Gasteiger partial charge in [0.1, 0.15) is 4.21 Å². The first-order valence-corrected chi connectivity index (χ1v) is 8.42. The topological polar surface area (TPSA) is 46.6 Å². The van der Waals surface area contributed by atoms with Crippen molar-refractivity contribution in [3.63, 3.8) is 0 Å². The van der Waals surface area contributed by atoms with Crippen molar-refractivity contribution in [3.05, 3.63) is 17.0 Å². The van der Waals surface area contributed by atoms with Crippen molar-refractivity contribution < 1.29 is 13.2 Å². The van der Waals surface area contributed by atoms with Gasteiger partial charge in [-0.25, -0.2) is 8.42 Å². The SMILES string of the molecule is CC1(C)COCCN1S(=O)(=O)c1ccc(CCl)s1. The highest BCUT2D eigenvalue weighted by molar-refractivity contribution is 7.91. The van der Waals surface area contributed by atoms with Crippen molar-refractivity contribution in [2.75, 3.05) is 19.8 Å². The van der Waals surface area contributed by atoms with E-state index in [4.69, 9.17) is 16.3 Å². The van der Waals surface area contributed by atoms with Crippen LogP contribution in [-0.4, -0.2) is 38.0 Å². The van der Waals surface area contributed by atoms with Crippen LogP contribution < -0.4 is 0 Å². The largest absolute Gasteiger partial charge is 0.378 e. The van der Waals surface area contributed by atoms with Crippen LogP contribution in [0.5, 0.6) is 0 Å². The van der Waals surface area contributed by atoms with Gasteiger partial charge in [0.25, 0.3) is 10.0 Å². The van der Waals surface area contributed by atoms with E-state index < -0.39 is 15.6 Å². The Labute approximate surface area is 117 Å². The summed E-state index contributed by atoms with van der Waals surface area (Å²) < 4.78 is 32.4. The molecule has 0 spiro atoms. The van der Waals surface area contributed by atoms with Gasteiger partial charge in [-0.05, 0) is 26.0 Å². The molecule has 4 nitrogen and oxygen atoms in total. The predicted molar refractivity (Wildman–Crippen MR) is 72.7 cm³/mol. The number of sulfonamides is 1. The molecule has 1 saturated heterocycles. The molecule has 0 aliphatic carbocycles. The lowest BCUT2D eigenvalue weighted by Gasteiger charge is -2.40. The van der Waals surface area contributed by atoms with Gasteiger partial charge in [-0.2, -0.15) is 4.31 Å². The van der Waals surface area contributed by atoms with Gasteiger partial charge >= 0.3 is 0 Å². The molecular formula is C11H16ClNO3S2. The van der Waals surface area contributed by atoms with E-state index in [0.29, 0.717) is 29.8 Å². The summed E-state index contributed by atoms with van der Waals surface area (Å²) in [6.07, 6.45) is 0. The number of ether oxygens (including phenoxy) is 1. The molecule has 0 aromatic carbocycles. The molecule has 0 N–H and O–H groups in total. The molecule has 1 aliphatic heterocycles. The first-order valence-electron chi connectivity index (χ1n) is 5.63. The standard InChI is InChI=1S/C11H16ClNO3S2/c1-11(2)8-16-6-5-13(11)18(14,15)10-4-3-9(7-12)17-10/h3-4H,5-8H2,1-2H3. The van der Waals surface area contributed by atoms with Gasteiger partial charge in [-0.15, -0.1) is 22.9 Å². The average molecular weight is 310 g/mol. The van der Waals surface area contributed by atoms with Crippen LogP contribution in [0, 0.1) is 0 Å². The fraction of sp³-hybridized carbons (Fsp3) is 0.636. The lowest BCUT2D eigenvalue weighted by Crippen LogP contribution is -2.55.